The molecule has 8 aromatic heterocycles. The predicted octanol–water partition coefficient (Wildman–Crippen LogP) is 31.6. The van der Waals surface area contributed by atoms with Gasteiger partial charge in [-0.1, -0.05) is 308 Å². The highest BCUT2D eigenvalue weighted by molar-refractivity contribution is 6.12. The molecule has 27 rings (SSSR count). The normalized spacial score (nSPS) is 14.3. The van der Waals surface area contributed by atoms with E-state index >= 15 is 0 Å². The Kier molecular flexibility index (Phi) is 18.3. The van der Waals surface area contributed by atoms with Crippen LogP contribution in [0.4, 0.5) is 0 Å². The second kappa shape index (κ2) is 30.9. The van der Waals surface area contributed by atoms with Crippen LogP contribution in [0.25, 0.3) is 212 Å². The molecule has 0 amide bonds. The van der Waals surface area contributed by atoms with Gasteiger partial charge in [-0.2, -0.15) is 0 Å². The van der Waals surface area contributed by atoms with Crippen LogP contribution >= 0.6 is 0 Å². The first kappa shape index (κ1) is 78.8. The van der Waals surface area contributed by atoms with Crippen molar-refractivity contribution in [2.45, 2.75) is 64.2 Å². The van der Waals surface area contributed by atoms with Gasteiger partial charge in [0.2, 0.25) is 0 Å². The molecule has 23 aromatic rings. The highest BCUT2D eigenvalue weighted by Crippen LogP contribution is 2.65. The maximum absolute atomic E-state index is 6.54. The fourth-order valence-corrected chi connectivity index (χ4v) is 22.7. The molecule has 632 valence electrons. The van der Waals surface area contributed by atoms with Crippen LogP contribution in [-0.4, -0.2) is 34.9 Å². The Morgan fingerprint density at radius 3 is 1.30 bits per heavy atom. The molecule has 0 fully saturated rings. The molecular weight excluding hydrogens is 1620 g/mol. The van der Waals surface area contributed by atoms with Crippen molar-refractivity contribution in [2.75, 3.05) is 0 Å². The van der Waals surface area contributed by atoms with Crippen LogP contribution in [0, 0.1) is 11.8 Å². The average Bonchev–Trinajstić information content (AvgIpc) is 1.50. The Bertz CT molecular complexity index is 8490. The van der Waals surface area contributed by atoms with E-state index in [1.165, 1.54) is 99.8 Å². The van der Waals surface area contributed by atoms with E-state index in [4.69, 9.17) is 43.2 Å². The number of nitrogens with zero attached hydrogens (tertiary/aromatic N) is 7. The molecule has 133 heavy (non-hydrogen) atoms. The number of hydrogen-bond acceptors (Lipinski definition) is 10. The van der Waals surface area contributed by atoms with Gasteiger partial charge in [0.15, 0.2) is 11.6 Å². The monoisotopic (exact) mass is 1710 g/mol. The fourth-order valence-electron chi connectivity index (χ4n) is 22.7. The van der Waals surface area contributed by atoms with Crippen molar-refractivity contribution >= 4 is 76.7 Å². The van der Waals surface area contributed by atoms with Gasteiger partial charge in [-0.3, -0.25) is 9.97 Å². The molecular formula is C123H87N7O3. The van der Waals surface area contributed by atoms with Gasteiger partial charge in [0, 0.05) is 105 Å². The molecule has 4 aliphatic carbocycles. The molecule has 15 aromatic carbocycles. The van der Waals surface area contributed by atoms with E-state index < -0.39 is 5.41 Å². The second-order valence-corrected chi connectivity index (χ2v) is 36.5. The van der Waals surface area contributed by atoms with Crippen molar-refractivity contribution < 1.29 is 13.3 Å². The van der Waals surface area contributed by atoms with E-state index in [9.17, 15) is 0 Å². The molecule has 0 radical (unpaired) electrons. The maximum atomic E-state index is 6.54. The molecule has 8 heterocycles. The lowest BCUT2D eigenvalue weighted by Crippen LogP contribution is -2.37. The number of aromatic nitrogens is 7. The van der Waals surface area contributed by atoms with Crippen LogP contribution in [0.5, 0.6) is 0 Å². The van der Waals surface area contributed by atoms with Crippen molar-refractivity contribution in [1.29, 1.82) is 0 Å². The Hall–Kier alpha value is -16.4. The topological polar surface area (TPSA) is 130 Å². The zero-order valence-corrected chi connectivity index (χ0v) is 74.2. The summed E-state index contributed by atoms with van der Waals surface area (Å²) in [6, 6.07) is 135. The second-order valence-electron chi connectivity index (χ2n) is 36.5. The minimum Gasteiger partial charge on any atom is -0.456 e. The zero-order chi connectivity index (χ0) is 89.0. The number of benzene rings is 15. The number of fused-ring (bicyclic) bond motifs is 27. The van der Waals surface area contributed by atoms with Crippen LogP contribution in [0.15, 0.2) is 408 Å². The highest BCUT2D eigenvalue weighted by Gasteiger charge is 2.53. The molecule has 0 saturated heterocycles. The first-order valence-corrected chi connectivity index (χ1v) is 46.1. The van der Waals surface area contributed by atoms with Crippen LogP contribution in [0.3, 0.4) is 0 Å². The number of rotatable bonds is 11. The van der Waals surface area contributed by atoms with E-state index in [1.54, 1.807) is 0 Å². The SMILES string of the molecule is CC(C)C1(C(C)C)c2ccc(-c3cc(-c4ccccc4)nc(-c4ccccc4)n3)cc2-c2cc3c(cc21)oc1ccccc13.CCC1(C)c2ccc(-c3nc(-c4ccccn4)c4ccccc4n3)cc2-c2ccc3c(oc4ccccc43)c21.c1ccc(-c2cc(-c3ccccn3)cc(-c3ccc4c(c3)-c3cc5c(cc3C43c4ccccc4-c4ccccc43)oc3ccccc35)n2)cc1. The fraction of sp³-hybridized carbons (Fsp3) is 0.0976. The standard InChI is InChI=1S/C47H28N2O.C41H34N2O.C35H25N3O/c1-2-12-29(13-3-1)43-25-31(42-19-10-11-23-48-42)26-44(49-43)30-21-22-40-35(24-30)36-27-37-34-16-6-9-20-45(34)50-46(37)28-41(36)47(40)38-17-7-4-14-32(38)33-15-5-8-18-39(33)47;1-25(2)41(26(3)4)34-20-19-29(21-31(34)32-22-33-30-17-11-12-18-38(30)44-39(33)23-35(32)41)37-24-36(27-13-7-5-8-14-27)42-40(43-37)28-15-9-6-10-16-28;1-3-35(2)27-18-15-21(34-37-28-12-6-4-11-25(28)32(38-34)29-13-8-9-19-36-29)20-26(27)23-16-17-24-22-10-5-7-14-30(22)39-33(24)31(23)35/h1-28H;5-26H,1-4H3;4-20H,3H2,1-2H3. The van der Waals surface area contributed by atoms with E-state index in [1.807, 2.05) is 109 Å². The van der Waals surface area contributed by atoms with Crippen LogP contribution < -0.4 is 0 Å². The molecule has 4 aliphatic rings. The third-order valence-electron chi connectivity index (χ3n) is 28.9. The van der Waals surface area contributed by atoms with Gasteiger partial charge < -0.3 is 13.3 Å². The predicted molar refractivity (Wildman–Crippen MR) is 541 cm³/mol. The van der Waals surface area contributed by atoms with Gasteiger partial charge >= 0.3 is 0 Å². The Morgan fingerprint density at radius 2 is 0.699 bits per heavy atom. The molecule has 1 spiro atoms. The first-order valence-electron chi connectivity index (χ1n) is 46.1. The zero-order valence-electron chi connectivity index (χ0n) is 74.2. The van der Waals surface area contributed by atoms with Crippen LogP contribution in [-0.2, 0) is 16.2 Å². The lowest BCUT2D eigenvalue weighted by molar-refractivity contribution is 0.280. The number of hydrogen-bond donors (Lipinski definition) is 0. The lowest BCUT2D eigenvalue weighted by Gasteiger charge is -2.40. The van der Waals surface area contributed by atoms with Crippen molar-refractivity contribution in [3.05, 3.63) is 439 Å². The largest absolute Gasteiger partial charge is 0.456 e. The summed E-state index contributed by atoms with van der Waals surface area (Å²) in [5, 5.41) is 7.93. The van der Waals surface area contributed by atoms with Crippen molar-refractivity contribution in [3.63, 3.8) is 0 Å². The van der Waals surface area contributed by atoms with Gasteiger partial charge in [-0.05, 0) is 217 Å². The van der Waals surface area contributed by atoms with E-state index in [0.717, 1.165) is 157 Å². The molecule has 10 heteroatoms. The first-order chi connectivity index (χ1) is 65.4. The minimum atomic E-state index is -0.470. The third-order valence-corrected chi connectivity index (χ3v) is 28.9. The van der Waals surface area contributed by atoms with Crippen molar-refractivity contribution in [3.8, 4) is 135 Å². The molecule has 0 bridgehead atoms. The Labute approximate surface area is 769 Å². The third kappa shape index (κ3) is 12.3. The highest BCUT2D eigenvalue weighted by atomic mass is 16.3. The van der Waals surface area contributed by atoms with Crippen LogP contribution in [0.1, 0.15) is 92.5 Å². The lowest BCUT2D eigenvalue weighted by atomic mass is 9.63. The number of para-hydroxylation sites is 4. The summed E-state index contributed by atoms with van der Waals surface area (Å²) in [5.74, 6) is 2.22. The van der Waals surface area contributed by atoms with Gasteiger partial charge in [-0.15, -0.1) is 0 Å². The van der Waals surface area contributed by atoms with E-state index in [2.05, 4.69) is 332 Å². The quantitative estimate of drug-likeness (QED) is 0.123. The van der Waals surface area contributed by atoms with Gasteiger partial charge in [0.1, 0.15) is 39.2 Å². The summed E-state index contributed by atoms with van der Waals surface area (Å²) >= 11 is 0. The average molecular weight is 1710 g/mol. The molecule has 1 atom stereocenters. The summed E-state index contributed by atoms with van der Waals surface area (Å²) < 4.78 is 19.5. The molecule has 1 unspecified atom stereocenters. The van der Waals surface area contributed by atoms with Gasteiger partial charge in [0.05, 0.1) is 45.1 Å². The van der Waals surface area contributed by atoms with E-state index in [-0.39, 0.29) is 10.8 Å². The van der Waals surface area contributed by atoms with Crippen molar-refractivity contribution in [1.82, 2.24) is 34.9 Å². The van der Waals surface area contributed by atoms with Crippen LogP contribution in [0.2, 0.25) is 0 Å². The minimum absolute atomic E-state index is 0.133. The van der Waals surface area contributed by atoms with Gasteiger partial charge in [-0.25, -0.2) is 24.9 Å². The molecule has 0 saturated carbocycles. The summed E-state index contributed by atoms with van der Waals surface area (Å²) in [7, 11) is 0. The Balaban J connectivity index is 0.000000108. The molecule has 0 aliphatic heterocycles. The van der Waals surface area contributed by atoms with E-state index in [0.29, 0.717) is 17.7 Å². The number of furan rings is 3. The molecule has 10 nitrogen and oxygen atoms in total. The van der Waals surface area contributed by atoms with Crippen molar-refractivity contribution in [2.24, 2.45) is 11.8 Å². The smallest absolute Gasteiger partial charge is 0.160 e. The van der Waals surface area contributed by atoms with Gasteiger partial charge in [0.25, 0.3) is 0 Å². The summed E-state index contributed by atoms with van der Waals surface area (Å²) in [4.78, 5) is 34.8. The summed E-state index contributed by atoms with van der Waals surface area (Å²) in [6.45, 7) is 14.0. The number of pyridine rings is 3. The summed E-state index contributed by atoms with van der Waals surface area (Å²) in [6.07, 6.45) is 4.63. The molecule has 0 N–H and O–H groups in total. The maximum Gasteiger partial charge on any atom is 0.160 e. The Morgan fingerprint density at radius 1 is 0.256 bits per heavy atom. The summed E-state index contributed by atoms with van der Waals surface area (Å²) in [5.41, 5.74) is 40.0.